The molecule has 0 aliphatic carbocycles. The first-order valence-corrected chi connectivity index (χ1v) is 2.28. The van der Waals surface area contributed by atoms with Gasteiger partial charge in [-0.05, 0) is 0 Å². The topological polar surface area (TPSA) is 17.1 Å². The number of hydrogen-bond acceptors (Lipinski definition) is 1. The zero-order valence-electron chi connectivity index (χ0n) is 3.82. The molecule has 0 aromatic rings. The molecule has 0 N–H and O–H groups in total. The third-order valence-electron chi connectivity index (χ3n) is 0. The van der Waals surface area contributed by atoms with Crippen LogP contribution in [0.2, 0.25) is 0 Å². The van der Waals surface area contributed by atoms with Crippen LogP contribution in [-0.2, 0) is 3.80 Å². The first-order valence-electron chi connectivity index (χ1n) is 1.70. The van der Waals surface area contributed by atoms with E-state index in [4.69, 9.17) is 3.80 Å². The Kier molecular flexibility index (Phi) is 48.8. The Morgan fingerprint density at radius 2 is 1.40 bits per heavy atom. The van der Waals surface area contributed by atoms with Crippen molar-refractivity contribution in [2.24, 2.45) is 0 Å². The standard InChI is InChI=1S/C3H8.Al.O.H/c1-3-2;;;/h3H2,1-2H3;;;. The van der Waals surface area contributed by atoms with Crippen LogP contribution in [0.25, 0.3) is 0 Å². The summed E-state index contributed by atoms with van der Waals surface area (Å²) in [6.45, 7) is 4.25. The van der Waals surface area contributed by atoms with Crippen LogP contribution in [-0.4, -0.2) is 16.2 Å². The van der Waals surface area contributed by atoms with E-state index in [0.29, 0.717) is 16.2 Å². The zero-order valence-corrected chi connectivity index (χ0v) is 5.24. The normalized spacial score (nSPS) is 4.20. The molecule has 2 heteroatoms. The average molecular weight is 88.1 g/mol. The molecule has 0 aromatic carbocycles. The Hall–Kier alpha value is 0.332. The van der Waals surface area contributed by atoms with E-state index in [0.717, 1.165) is 0 Å². The second kappa shape index (κ2) is 27.1. The van der Waals surface area contributed by atoms with Gasteiger partial charge in [-0.25, -0.2) is 0 Å². The van der Waals surface area contributed by atoms with E-state index in [1.54, 1.807) is 0 Å². The van der Waals surface area contributed by atoms with Crippen LogP contribution < -0.4 is 0 Å². The van der Waals surface area contributed by atoms with Crippen LogP contribution in [0.5, 0.6) is 0 Å². The van der Waals surface area contributed by atoms with Crippen molar-refractivity contribution in [2.75, 3.05) is 0 Å². The van der Waals surface area contributed by atoms with Crippen molar-refractivity contribution in [1.29, 1.82) is 0 Å². The van der Waals surface area contributed by atoms with Gasteiger partial charge in [-0.1, -0.05) is 20.3 Å². The third kappa shape index (κ3) is 213. The molecule has 0 bridgehead atoms. The summed E-state index contributed by atoms with van der Waals surface area (Å²) < 4.78 is 8.28. The molecule has 30 valence electrons. The van der Waals surface area contributed by atoms with Gasteiger partial charge in [-0.15, -0.1) is 0 Å². The fraction of sp³-hybridized carbons (Fsp3) is 1.00. The molecule has 0 aromatic heterocycles. The van der Waals surface area contributed by atoms with E-state index in [2.05, 4.69) is 13.8 Å². The van der Waals surface area contributed by atoms with Crippen molar-refractivity contribution in [3.05, 3.63) is 0 Å². The molecule has 0 aliphatic heterocycles. The predicted octanol–water partition coefficient (Wildman–Crippen LogP) is 0.649. The van der Waals surface area contributed by atoms with E-state index in [1.165, 1.54) is 6.42 Å². The molecular weight excluding hydrogens is 79.0 g/mol. The van der Waals surface area contributed by atoms with E-state index >= 15 is 0 Å². The Labute approximate surface area is 41.0 Å². The summed E-state index contributed by atoms with van der Waals surface area (Å²) in [7, 11) is 0. The maximum absolute atomic E-state index is 8.28. The van der Waals surface area contributed by atoms with E-state index in [9.17, 15) is 0 Å². The van der Waals surface area contributed by atoms with Gasteiger partial charge in [0.15, 0.2) is 0 Å². The second-order valence-electron chi connectivity index (χ2n) is 0.707. The van der Waals surface area contributed by atoms with E-state index < -0.39 is 0 Å². The molecule has 1 nitrogen and oxygen atoms in total. The first kappa shape index (κ1) is 9.01. The maximum atomic E-state index is 8.28. The SMILES string of the molecule is CCC.[O]=[AlH]. The Morgan fingerprint density at radius 1 is 1.40 bits per heavy atom. The molecule has 0 saturated heterocycles. The Balaban J connectivity index is 0. The average Bonchev–Trinajstić information content (AvgIpc) is 1.46. The van der Waals surface area contributed by atoms with Crippen LogP contribution in [0, 0.1) is 0 Å². The number of rotatable bonds is 0. The molecule has 0 radical (unpaired) electrons. The van der Waals surface area contributed by atoms with Crippen LogP contribution in [0.3, 0.4) is 0 Å². The fourth-order valence-corrected chi connectivity index (χ4v) is 0. The van der Waals surface area contributed by atoms with Crippen LogP contribution in [0.15, 0.2) is 0 Å². The van der Waals surface area contributed by atoms with Gasteiger partial charge in [0.25, 0.3) is 0 Å². The van der Waals surface area contributed by atoms with Gasteiger partial charge in [-0.2, -0.15) is 0 Å². The minimum absolute atomic E-state index is 0.611. The quantitative estimate of drug-likeness (QED) is 0.397. The summed E-state index contributed by atoms with van der Waals surface area (Å²) in [4.78, 5) is 0. The summed E-state index contributed by atoms with van der Waals surface area (Å²) in [5.41, 5.74) is 0. The zero-order chi connectivity index (χ0) is 4.71. The van der Waals surface area contributed by atoms with Gasteiger partial charge in [-0.3, -0.25) is 0 Å². The summed E-state index contributed by atoms with van der Waals surface area (Å²) in [5.74, 6) is 0. The monoisotopic (exact) mass is 88.0 g/mol. The van der Waals surface area contributed by atoms with Crippen molar-refractivity contribution in [3.8, 4) is 0 Å². The first-order chi connectivity index (χ1) is 2.41. The van der Waals surface area contributed by atoms with Gasteiger partial charge in [0.05, 0.1) is 0 Å². The summed E-state index contributed by atoms with van der Waals surface area (Å²) in [5, 5.41) is 0. The summed E-state index contributed by atoms with van der Waals surface area (Å²) >= 11 is 0.611. The summed E-state index contributed by atoms with van der Waals surface area (Å²) in [6.07, 6.45) is 1.25. The van der Waals surface area contributed by atoms with E-state index in [1.807, 2.05) is 0 Å². The second-order valence-corrected chi connectivity index (χ2v) is 0.707. The van der Waals surface area contributed by atoms with Gasteiger partial charge in [0, 0.05) is 0 Å². The molecule has 0 heterocycles. The summed E-state index contributed by atoms with van der Waals surface area (Å²) in [6, 6.07) is 0. The van der Waals surface area contributed by atoms with Gasteiger partial charge in [0.1, 0.15) is 0 Å². The number of hydrogen-bond donors (Lipinski definition) is 0. The fourth-order valence-electron chi connectivity index (χ4n) is 0. The molecule has 0 spiro atoms. The molecule has 0 rings (SSSR count). The molecule has 0 atom stereocenters. The van der Waals surface area contributed by atoms with Crippen molar-refractivity contribution in [3.63, 3.8) is 0 Å². The van der Waals surface area contributed by atoms with Crippen molar-refractivity contribution >= 4 is 16.2 Å². The molecule has 5 heavy (non-hydrogen) atoms. The molecule has 0 saturated carbocycles. The van der Waals surface area contributed by atoms with Crippen molar-refractivity contribution in [1.82, 2.24) is 0 Å². The van der Waals surface area contributed by atoms with E-state index in [-0.39, 0.29) is 0 Å². The van der Waals surface area contributed by atoms with Crippen LogP contribution in [0.1, 0.15) is 20.3 Å². The van der Waals surface area contributed by atoms with Crippen LogP contribution in [0.4, 0.5) is 0 Å². The van der Waals surface area contributed by atoms with Crippen molar-refractivity contribution in [2.45, 2.75) is 20.3 Å². The molecule has 0 aliphatic rings. The van der Waals surface area contributed by atoms with Crippen molar-refractivity contribution < 1.29 is 3.80 Å². The Morgan fingerprint density at radius 3 is 1.40 bits per heavy atom. The predicted molar refractivity (Wildman–Crippen MR) is 23.8 cm³/mol. The van der Waals surface area contributed by atoms with Gasteiger partial charge >= 0.3 is 20.0 Å². The molecular formula is C3H9AlO. The minimum atomic E-state index is 0.611. The van der Waals surface area contributed by atoms with Gasteiger partial charge < -0.3 is 0 Å². The van der Waals surface area contributed by atoms with Crippen LogP contribution >= 0.6 is 0 Å². The molecule has 0 amide bonds. The van der Waals surface area contributed by atoms with Gasteiger partial charge in [0.2, 0.25) is 0 Å². The molecule has 0 unspecified atom stereocenters. The third-order valence-corrected chi connectivity index (χ3v) is 0. The Bertz CT molecular complexity index is 10.9. The molecule has 0 fully saturated rings.